The number of aromatic nitrogens is 4. The van der Waals surface area contributed by atoms with Gasteiger partial charge in [0.2, 0.25) is 5.91 Å². The van der Waals surface area contributed by atoms with Crippen molar-refractivity contribution in [3.05, 3.63) is 22.8 Å². The SMILES string of the molecule is CCCC(C)NC(=O)Cc1c(C)nc2nc(C(F)(F)F)nn2c1C. The molecule has 0 saturated carbocycles. The van der Waals surface area contributed by atoms with E-state index in [1.165, 1.54) is 0 Å². The number of rotatable bonds is 5. The summed E-state index contributed by atoms with van der Waals surface area (Å²) in [5.41, 5.74) is 1.46. The van der Waals surface area contributed by atoms with Crippen molar-refractivity contribution in [2.45, 2.75) is 59.2 Å². The molecule has 0 aromatic carbocycles. The van der Waals surface area contributed by atoms with Crippen LogP contribution in [-0.2, 0) is 17.4 Å². The molecular weight excluding hydrogens is 323 g/mol. The van der Waals surface area contributed by atoms with Crippen LogP contribution in [0.15, 0.2) is 0 Å². The number of nitrogens with zero attached hydrogens (tertiary/aromatic N) is 4. The molecule has 132 valence electrons. The van der Waals surface area contributed by atoms with Crippen molar-refractivity contribution in [3.8, 4) is 0 Å². The van der Waals surface area contributed by atoms with E-state index in [2.05, 4.69) is 20.4 Å². The maximum Gasteiger partial charge on any atom is 0.453 e. The number of hydrogen-bond acceptors (Lipinski definition) is 4. The summed E-state index contributed by atoms with van der Waals surface area (Å²) < 4.78 is 39.3. The molecular formula is C15H20F3N5O. The van der Waals surface area contributed by atoms with Crippen LogP contribution in [0.2, 0.25) is 0 Å². The van der Waals surface area contributed by atoms with Crippen LogP contribution in [0.25, 0.3) is 5.78 Å². The van der Waals surface area contributed by atoms with Crippen molar-refractivity contribution in [1.82, 2.24) is 24.9 Å². The smallest absolute Gasteiger partial charge is 0.353 e. The van der Waals surface area contributed by atoms with Crippen molar-refractivity contribution in [3.63, 3.8) is 0 Å². The largest absolute Gasteiger partial charge is 0.453 e. The molecule has 6 nitrogen and oxygen atoms in total. The number of amides is 1. The lowest BCUT2D eigenvalue weighted by Gasteiger charge is -2.14. The Morgan fingerprint density at radius 3 is 2.54 bits per heavy atom. The third-order valence-electron chi connectivity index (χ3n) is 3.77. The summed E-state index contributed by atoms with van der Waals surface area (Å²) in [6, 6.07) is 0.0444. The summed E-state index contributed by atoms with van der Waals surface area (Å²) in [6.07, 6.45) is -2.79. The Bertz CT molecular complexity index is 754. The summed E-state index contributed by atoms with van der Waals surface area (Å²) in [5.74, 6) is -1.56. The fourth-order valence-corrected chi connectivity index (χ4v) is 2.58. The second-order valence-electron chi connectivity index (χ2n) is 5.84. The van der Waals surface area contributed by atoms with Crippen LogP contribution in [0, 0.1) is 13.8 Å². The van der Waals surface area contributed by atoms with E-state index in [9.17, 15) is 18.0 Å². The highest BCUT2D eigenvalue weighted by atomic mass is 19.4. The number of hydrogen-bond donors (Lipinski definition) is 1. The van der Waals surface area contributed by atoms with E-state index < -0.39 is 12.0 Å². The second kappa shape index (κ2) is 6.74. The van der Waals surface area contributed by atoms with Gasteiger partial charge in [-0.15, -0.1) is 5.10 Å². The van der Waals surface area contributed by atoms with Crippen LogP contribution < -0.4 is 5.32 Å². The molecule has 0 spiro atoms. The van der Waals surface area contributed by atoms with Crippen molar-refractivity contribution in [2.75, 3.05) is 0 Å². The van der Waals surface area contributed by atoms with Crippen LogP contribution >= 0.6 is 0 Å². The van der Waals surface area contributed by atoms with Gasteiger partial charge in [0.05, 0.1) is 6.42 Å². The van der Waals surface area contributed by atoms with Gasteiger partial charge in [-0.05, 0) is 27.2 Å². The summed E-state index contributed by atoms with van der Waals surface area (Å²) in [6.45, 7) is 7.19. The average molecular weight is 343 g/mol. The van der Waals surface area contributed by atoms with Gasteiger partial charge in [-0.25, -0.2) is 9.50 Å². The van der Waals surface area contributed by atoms with Crippen LogP contribution in [0.3, 0.4) is 0 Å². The Morgan fingerprint density at radius 1 is 1.29 bits per heavy atom. The summed E-state index contributed by atoms with van der Waals surface area (Å²) in [4.78, 5) is 19.6. The monoisotopic (exact) mass is 343 g/mol. The van der Waals surface area contributed by atoms with Crippen molar-refractivity contribution < 1.29 is 18.0 Å². The Balaban J connectivity index is 2.32. The molecule has 1 amide bonds. The average Bonchev–Trinajstić information content (AvgIpc) is 2.87. The van der Waals surface area contributed by atoms with E-state index in [4.69, 9.17) is 0 Å². The molecule has 1 N–H and O–H groups in total. The zero-order valence-corrected chi connectivity index (χ0v) is 14.0. The molecule has 2 aromatic heterocycles. The molecule has 2 heterocycles. The van der Waals surface area contributed by atoms with E-state index >= 15 is 0 Å². The van der Waals surface area contributed by atoms with Gasteiger partial charge in [0.25, 0.3) is 11.6 Å². The predicted octanol–water partition coefficient (Wildman–Crippen LogP) is 2.61. The Morgan fingerprint density at radius 2 is 1.96 bits per heavy atom. The number of carbonyl (C=O) groups excluding carboxylic acids is 1. The van der Waals surface area contributed by atoms with Crippen LogP contribution in [0.4, 0.5) is 13.2 Å². The standard InChI is InChI=1S/C15H20F3N5O/c1-5-6-8(2)19-12(24)7-11-9(3)20-14-21-13(15(16,17)18)22-23(14)10(11)4/h8H,5-7H2,1-4H3,(H,19,24). The topological polar surface area (TPSA) is 72.2 Å². The number of fused-ring (bicyclic) bond motifs is 1. The van der Waals surface area contributed by atoms with Gasteiger partial charge in [-0.3, -0.25) is 4.79 Å². The Kier molecular flexibility index (Phi) is 5.10. The van der Waals surface area contributed by atoms with Crippen LogP contribution in [0.1, 0.15) is 49.5 Å². The first-order valence-corrected chi connectivity index (χ1v) is 7.72. The molecule has 0 fully saturated rings. The highest BCUT2D eigenvalue weighted by molar-refractivity contribution is 5.79. The van der Waals surface area contributed by atoms with Crippen LogP contribution in [0.5, 0.6) is 0 Å². The zero-order chi connectivity index (χ0) is 18.1. The van der Waals surface area contributed by atoms with E-state index in [0.29, 0.717) is 17.0 Å². The molecule has 1 unspecified atom stereocenters. The fraction of sp³-hybridized carbons (Fsp3) is 0.600. The number of halogens is 3. The van der Waals surface area contributed by atoms with Crippen LogP contribution in [-0.4, -0.2) is 31.5 Å². The van der Waals surface area contributed by atoms with Gasteiger partial charge in [0.1, 0.15) is 0 Å². The fourth-order valence-electron chi connectivity index (χ4n) is 2.58. The second-order valence-corrected chi connectivity index (χ2v) is 5.84. The molecule has 0 radical (unpaired) electrons. The Hall–Kier alpha value is -2.19. The molecule has 0 aliphatic rings. The van der Waals surface area contributed by atoms with Crippen molar-refractivity contribution in [1.29, 1.82) is 0 Å². The minimum atomic E-state index is -4.64. The van der Waals surface area contributed by atoms with E-state index in [1.54, 1.807) is 13.8 Å². The first-order chi connectivity index (χ1) is 11.1. The molecule has 0 bridgehead atoms. The summed E-state index contributed by atoms with van der Waals surface area (Å²) >= 11 is 0. The van der Waals surface area contributed by atoms with Gasteiger partial charge >= 0.3 is 6.18 Å². The quantitative estimate of drug-likeness (QED) is 0.906. The number of aryl methyl sites for hydroxylation is 2. The van der Waals surface area contributed by atoms with Gasteiger partial charge in [-0.2, -0.15) is 18.2 Å². The van der Waals surface area contributed by atoms with E-state index in [0.717, 1.165) is 17.4 Å². The van der Waals surface area contributed by atoms with Crippen molar-refractivity contribution in [2.24, 2.45) is 0 Å². The third kappa shape index (κ3) is 3.82. The highest BCUT2D eigenvalue weighted by Gasteiger charge is 2.37. The summed E-state index contributed by atoms with van der Waals surface area (Å²) in [7, 11) is 0. The lowest BCUT2D eigenvalue weighted by Crippen LogP contribution is -2.34. The van der Waals surface area contributed by atoms with Gasteiger partial charge in [0.15, 0.2) is 0 Å². The number of carbonyl (C=O) groups is 1. The molecule has 2 rings (SSSR count). The first-order valence-electron chi connectivity index (χ1n) is 7.72. The number of nitrogens with one attached hydrogen (secondary N) is 1. The maximum absolute atomic E-state index is 12.8. The predicted molar refractivity (Wildman–Crippen MR) is 81.5 cm³/mol. The molecule has 0 saturated heterocycles. The van der Waals surface area contributed by atoms with E-state index in [1.807, 2.05) is 13.8 Å². The number of alkyl halides is 3. The summed E-state index contributed by atoms with van der Waals surface area (Å²) in [5, 5.41) is 6.34. The van der Waals surface area contributed by atoms with Gasteiger partial charge < -0.3 is 5.32 Å². The molecule has 1 atom stereocenters. The highest BCUT2D eigenvalue weighted by Crippen LogP contribution is 2.27. The van der Waals surface area contributed by atoms with Crippen molar-refractivity contribution >= 4 is 11.7 Å². The lowest BCUT2D eigenvalue weighted by molar-refractivity contribution is -0.144. The minimum absolute atomic E-state index is 0.0376. The van der Waals surface area contributed by atoms with Gasteiger partial charge in [0, 0.05) is 23.0 Å². The third-order valence-corrected chi connectivity index (χ3v) is 3.77. The lowest BCUT2D eigenvalue weighted by atomic mass is 10.1. The molecule has 24 heavy (non-hydrogen) atoms. The first kappa shape index (κ1) is 18.2. The maximum atomic E-state index is 12.8. The molecule has 0 aliphatic carbocycles. The minimum Gasteiger partial charge on any atom is -0.353 e. The molecule has 2 aromatic rings. The normalized spacial score (nSPS) is 13.3. The van der Waals surface area contributed by atoms with Gasteiger partial charge in [-0.1, -0.05) is 13.3 Å². The molecule has 9 heteroatoms. The van der Waals surface area contributed by atoms with E-state index in [-0.39, 0.29) is 24.1 Å². The zero-order valence-electron chi connectivity index (χ0n) is 14.0. The Labute approximate surface area is 137 Å². The molecule has 0 aliphatic heterocycles.